The second-order valence-corrected chi connectivity index (χ2v) is 16.6. The Morgan fingerprint density at radius 1 is 0.889 bits per heavy atom. The second kappa shape index (κ2) is 10.1. The smallest absolute Gasteiger partial charge is 0.264 e. The standard InChI is InChI=1S/C31H55NO3S/c1-21(2)8-7-9-22(3)27-12-13-28-26-11-10-23-18-24(32-19-25(20-32)35-36(6,33)34)14-16-30(23,4)29(26)15-17-31(27,28)5/h21-29H,7-20H2,1-6H3/t22?,23?,24-,26?,27?,28?,29?,30-,31+/m0/s1. The zero-order valence-electron chi connectivity index (χ0n) is 24.2. The van der Waals surface area contributed by atoms with Crippen LogP contribution in [0.25, 0.3) is 0 Å². The molecule has 0 aromatic rings. The molecule has 0 radical (unpaired) electrons. The lowest BCUT2D eigenvalue weighted by Gasteiger charge is -2.62. The van der Waals surface area contributed by atoms with E-state index in [9.17, 15) is 8.42 Å². The van der Waals surface area contributed by atoms with Gasteiger partial charge in [0.1, 0.15) is 6.10 Å². The van der Waals surface area contributed by atoms with E-state index in [1.165, 1.54) is 83.3 Å². The summed E-state index contributed by atoms with van der Waals surface area (Å²) in [6, 6.07) is 0.635. The summed E-state index contributed by atoms with van der Waals surface area (Å²) in [5.41, 5.74) is 1.11. The molecule has 4 saturated carbocycles. The fourth-order valence-electron chi connectivity index (χ4n) is 10.7. The highest BCUT2D eigenvalue weighted by Crippen LogP contribution is 2.68. The highest BCUT2D eigenvalue weighted by molar-refractivity contribution is 7.86. The van der Waals surface area contributed by atoms with Gasteiger partial charge in [-0.3, -0.25) is 9.08 Å². The molecule has 5 fully saturated rings. The molecule has 0 bridgehead atoms. The fraction of sp³-hybridized carbons (Fsp3) is 1.00. The minimum absolute atomic E-state index is 0.122. The summed E-state index contributed by atoms with van der Waals surface area (Å²) in [6.45, 7) is 14.3. The SMILES string of the molecule is CC(C)CCCC(C)C1CCC2C3CCC4C[C@@H](N5CC(OS(C)(=O)=O)C5)CC[C@]4(C)C3CC[C@]12C. The number of likely N-dealkylation sites (tertiary alicyclic amines) is 1. The van der Waals surface area contributed by atoms with Crippen LogP contribution in [-0.4, -0.2) is 44.8 Å². The van der Waals surface area contributed by atoms with Crippen LogP contribution in [0.3, 0.4) is 0 Å². The van der Waals surface area contributed by atoms with E-state index in [4.69, 9.17) is 4.18 Å². The van der Waals surface area contributed by atoms with Crippen LogP contribution in [0.1, 0.15) is 112 Å². The number of rotatable bonds is 8. The molecule has 4 aliphatic carbocycles. The Bertz CT molecular complexity index is 882. The highest BCUT2D eigenvalue weighted by atomic mass is 32.2. The first-order valence-electron chi connectivity index (χ1n) is 15.5. The van der Waals surface area contributed by atoms with Gasteiger partial charge in [-0.15, -0.1) is 0 Å². The van der Waals surface area contributed by atoms with Gasteiger partial charge in [0.05, 0.1) is 6.26 Å². The Kier molecular flexibility index (Phi) is 7.71. The van der Waals surface area contributed by atoms with Gasteiger partial charge in [-0.2, -0.15) is 8.42 Å². The van der Waals surface area contributed by atoms with E-state index in [0.29, 0.717) is 16.9 Å². The molecule has 9 atom stereocenters. The molecule has 4 nitrogen and oxygen atoms in total. The lowest BCUT2D eigenvalue weighted by Crippen LogP contribution is -2.60. The van der Waals surface area contributed by atoms with Gasteiger partial charge in [-0.25, -0.2) is 0 Å². The van der Waals surface area contributed by atoms with Crippen molar-refractivity contribution in [1.29, 1.82) is 0 Å². The van der Waals surface area contributed by atoms with Crippen molar-refractivity contribution in [2.24, 2.45) is 52.3 Å². The summed E-state index contributed by atoms with van der Waals surface area (Å²) in [5, 5.41) is 0. The van der Waals surface area contributed by atoms with E-state index in [2.05, 4.69) is 39.5 Å². The Morgan fingerprint density at radius 2 is 1.58 bits per heavy atom. The average Bonchev–Trinajstić information content (AvgIpc) is 3.12. The fourth-order valence-corrected chi connectivity index (χ4v) is 11.3. The van der Waals surface area contributed by atoms with Crippen molar-refractivity contribution in [3.05, 3.63) is 0 Å². The molecule has 6 unspecified atom stereocenters. The highest BCUT2D eigenvalue weighted by Gasteiger charge is 2.61. The maximum absolute atomic E-state index is 11.5. The maximum atomic E-state index is 11.5. The van der Waals surface area contributed by atoms with E-state index in [1.54, 1.807) is 0 Å². The van der Waals surface area contributed by atoms with Crippen molar-refractivity contribution in [1.82, 2.24) is 4.90 Å². The quantitative estimate of drug-likeness (QED) is 0.319. The third-order valence-corrected chi connectivity index (χ3v) is 13.2. The topological polar surface area (TPSA) is 46.6 Å². The summed E-state index contributed by atoms with van der Waals surface area (Å²) in [6.07, 6.45) is 18.1. The predicted molar refractivity (Wildman–Crippen MR) is 148 cm³/mol. The lowest BCUT2D eigenvalue weighted by atomic mass is 9.44. The maximum Gasteiger partial charge on any atom is 0.264 e. The monoisotopic (exact) mass is 521 g/mol. The van der Waals surface area contributed by atoms with Gasteiger partial charge in [0.15, 0.2) is 0 Å². The van der Waals surface area contributed by atoms with Crippen LogP contribution in [0, 0.1) is 52.3 Å². The molecule has 0 spiro atoms. The van der Waals surface area contributed by atoms with Crippen molar-refractivity contribution in [3.8, 4) is 0 Å². The number of nitrogens with zero attached hydrogens (tertiary/aromatic N) is 1. The zero-order chi connectivity index (χ0) is 25.9. The Labute approximate surface area is 222 Å². The van der Waals surface area contributed by atoms with Crippen molar-refractivity contribution < 1.29 is 12.6 Å². The van der Waals surface area contributed by atoms with Crippen LogP contribution in [-0.2, 0) is 14.3 Å². The van der Waals surface area contributed by atoms with Crippen molar-refractivity contribution in [2.75, 3.05) is 19.3 Å². The van der Waals surface area contributed by atoms with Crippen LogP contribution in [0.2, 0.25) is 0 Å². The molecular formula is C31H55NO3S. The first kappa shape index (κ1) is 27.4. The third-order valence-electron chi connectivity index (χ3n) is 12.5. The van der Waals surface area contributed by atoms with Crippen molar-refractivity contribution >= 4 is 10.1 Å². The summed E-state index contributed by atoms with van der Waals surface area (Å²) >= 11 is 0. The van der Waals surface area contributed by atoms with E-state index in [1.807, 2.05) is 0 Å². The summed E-state index contributed by atoms with van der Waals surface area (Å²) < 4.78 is 28.2. The Hall–Kier alpha value is -0.130. The van der Waals surface area contributed by atoms with Crippen molar-refractivity contribution in [3.63, 3.8) is 0 Å². The third kappa shape index (κ3) is 5.08. The molecule has 5 aliphatic rings. The van der Waals surface area contributed by atoms with Gasteiger partial charge in [-0.05, 0) is 110 Å². The van der Waals surface area contributed by atoms with Crippen LogP contribution < -0.4 is 0 Å². The Morgan fingerprint density at radius 3 is 2.28 bits per heavy atom. The molecule has 36 heavy (non-hydrogen) atoms. The summed E-state index contributed by atoms with van der Waals surface area (Å²) in [4.78, 5) is 2.52. The average molecular weight is 522 g/mol. The normalized spacial score (nSPS) is 44.5. The first-order chi connectivity index (χ1) is 16.9. The van der Waals surface area contributed by atoms with E-state index >= 15 is 0 Å². The van der Waals surface area contributed by atoms with Crippen LogP contribution in [0.5, 0.6) is 0 Å². The van der Waals surface area contributed by atoms with Gasteiger partial charge >= 0.3 is 0 Å². The molecule has 0 aromatic carbocycles. The number of hydrogen-bond acceptors (Lipinski definition) is 4. The molecule has 5 heteroatoms. The molecule has 0 aromatic heterocycles. The second-order valence-electron chi connectivity index (χ2n) is 15.0. The predicted octanol–water partition coefficient (Wildman–Crippen LogP) is 7.14. The van der Waals surface area contributed by atoms with Gasteiger partial charge in [0.2, 0.25) is 0 Å². The summed E-state index contributed by atoms with van der Waals surface area (Å²) in [5.74, 6) is 6.40. The van der Waals surface area contributed by atoms with Crippen LogP contribution >= 0.6 is 0 Å². The summed E-state index contributed by atoms with van der Waals surface area (Å²) in [7, 11) is -3.34. The van der Waals surface area contributed by atoms with Gasteiger partial charge in [0.25, 0.3) is 10.1 Å². The largest absolute Gasteiger partial charge is 0.295 e. The van der Waals surface area contributed by atoms with Gasteiger partial charge in [0, 0.05) is 19.1 Å². The molecule has 0 N–H and O–H groups in total. The van der Waals surface area contributed by atoms with Gasteiger partial charge in [-0.1, -0.05) is 53.9 Å². The van der Waals surface area contributed by atoms with E-state index in [0.717, 1.165) is 54.5 Å². The lowest BCUT2D eigenvalue weighted by molar-refractivity contribution is -0.132. The van der Waals surface area contributed by atoms with E-state index in [-0.39, 0.29) is 6.10 Å². The minimum Gasteiger partial charge on any atom is -0.295 e. The molecule has 0 amide bonds. The van der Waals surface area contributed by atoms with E-state index < -0.39 is 10.1 Å². The van der Waals surface area contributed by atoms with Crippen molar-refractivity contribution in [2.45, 2.75) is 124 Å². The van der Waals surface area contributed by atoms with Crippen LogP contribution in [0.4, 0.5) is 0 Å². The van der Waals surface area contributed by atoms with Crippen LogP contribution in [0.15, 0.2) is 0 Å². The van der Waals surface area contributed by atoms with Gasteiger partial charge < -0.3 is 0 Å². The molecule has 1 heterocycles. The zero-order valence-corrected chi connectivity index (χ0v) is 25.0. The molecular weight excluding hydrogens is 466 g/mol. The molecule has 1 aliphatic heterocycles. The minimum atomic E-state index is -3.34. The Balaban J connectivity index is 1.19. The number of fused-ring (bicyclic) bond motifs is 5. The molecule has 208 valence electrons. The molecule has 1 saturated heterocycles. The first-order valence-corrected chi connectivity index (χ1v) is 17.3. The molecule has 5 rings (SSSR count). The number of hydrogen-bond donors (Lipinski definition) is 0.